The molecule has 142 valence electrons. The minimum atomic E-state index is -0.875. The van der Waals surface area contributed by atoms with Gasteiger partial charge in [-0.05, 0) is 50.5 Å². The Morgan fingerprint density at radius 2 is 2.00 bits per heavy atom. The van der Waals surface area contributed by atoms with Crippen molar-refractivity contribution in [2.45, 2.75) is 50.4 Å². The molecule has 1 aliphatic rings. The lowest BCUT2D eigenvalue weighted by atomic mass is 10.1. The maximum absolute atomic E-state index is 12.1. The molecule has 1 aromatic rings. The van der Waals surface area contributed by atoms with E-state index in [1.807, 2.05) is 21.6 Å². The van der Waals surface area contributed by atoms with Crippen LogP contribution in [0.4, 0.5) is 5.69 Å². The summed E-state index contributed by atoms with van der Waals surface area (Å²) in [5.74, 6) is -0.0832. The number of benzene rings is 1. The van der Waals surface area contributed by atoms with Crippen LogP contribution in [0.2, 0.25) is 0 Å². The third-order valence-corrected chi connectivity index (χ3v) is 7.01. The number of ether oxygens (including phenoxy) is 1. The Labute approximate surface area is 161 Å². The topological polar surface area (TPSA) is 98.5 Å². The van der Waals surface area contributed by atoms with Crippen LogP contribution in [0.3, 0.4) is 0 Å². The molecule has 0 unspecified atom stereocenters. The zero-order valence-corrected chi connectivity index (χ0v) is 16.4. The lowest BCUT2D eigenvalue weighted by Gasteiger charge is -2.14. The van der Waals surface area contributed by atoms with Crippen molar-refractivity contribution < 1.29 is 19.1 Å². The predicted octanol–water partition coefficient (Wildman–Crippen LogP) is 3.37. The van der Waals surface area contributed by atoms with Gasteiger partial charge in [-0.2, -0.15) is 0 Å². The molecule has 2 atom stereocenters. The third-order valence-electron chi connectivity index (χ3n) is 4.00. The van der Waals surface area contributed by atoms with Crippen molar-refractivity contribution in [3.05, 3.63) is 29.8 Å². The highest BCUT2D eigenvalue weighted by Gasteiger charge is 2.19. The van der Waals surface area contributed by atoms with Gasteiger partial charge in [-0.25, -0.2) is 0 Å². The van der Waals surface area contributed by atoms with Gasteiger partial charge in [0.15, 0.2) is 6.10 Å². The fourth-order valence-electron chi connectivity index (χ4n) is 2.48. The van der Waals surface area contributed by atoms with E-state index >= 15 is 0 Å². The monoisotopic (exact) mass is 396 g/mol. The lowest BCUT2D eigenvalue weighted by molar-refractivity contribution is -0.153. The number of carbonyl (C=O) groups is 3. The number of primary amides is 1. The van der Waals surface area contributed by atoms with Gasteiger partial charge >= 0.3 is 5.97 Å². The first-order valence-corrected chi connectivity index (χ1v) is 11.0. The molecule has 3 N–H and O–H groups in total. The fourth-order valence-corrected chi connectivity index (χ4v) is 5.50. The summed E-state index contributed by atoms with van der Waals surface area (Å²) in [6, 6.07) is 6.20. The summed E-state index contributed by atoms with van der Waals surface area (Å²) < 4.78 is 5.18. The molecule has 0 bridgehead atoms. The molecule has 0 aliphatic carbocycles. The zero-order valence-electron chi connectivity index (χ0n) is 14.7. The van der Waals surface area contributed by atoms with Crippen LogP contribution in [0.5, 0.6) is 0 Å². The standard InChI is InChI=1S/C18H24N2O4S2/c1-12(18(23)20-14-8-6-13(7-9-14)17(19)22)24-16(21)5-3-2-4-15-10-11-25-26-15/h6-9,12,15H,2-5,10-11H2,1H3,(H2,19,22)(H,20,23)/t12-,15+/m1/s1. The van der Waals surface area contributed by atoms with E-state index in [9.17, 15) is 14.4 Å². The lowest BCUT2D eigenvalue weighted by Crippen LogP contribution is -2.29. The molecule has 2 amide bonds. The third kappa shape index (κ3) is 6.92. The van der Waals surface area contributed by atoms with Gasteiger partial charge in [-0.3, -0.25) is 14.4 Å². The van der Waals surface area contributed by atoms with Gasteiger partial charge in [0, 0.05) is 28.7 Å². The number of anilines is 1. The summed E-state index contributed by atoms with van der Waals surface area (Å²) in [6.45, 7) is 1.54. The summed E-state index contributed by atoms with van der Waals surface area (Å²) in [5.41, 5.74) is 6.03. The van der Waals surface area contributed by atoms with Crippen LogP contribution in [0, 0.1) is 0 Å². The van der Waals surface area contributed by atoms with Gasteiger partial charge in [-0.1, -0.05) is 28.0 Å². The highest BCUT2D eigenvalue weighted by molar-refractivity contribution is 8.77. The first-order chi connectivity index (χ1) is 12.5. The molecule has 1 aromatic carbocycles. The Morgan fingerprint density at radius 3 is 2.62 bits per heavy atom. The Hall–Kier alpha value is -1.67. The van der Waals surface area contributed by atoms with Gasteiger partial charge < -0.3 is 15.8 Å². The van der Waals surface area contributed by atoms with Crippen LogP contribution in [-0.4, -0.2) is 34.9 Å². The van der Waals surface area contributed by atoms with Crippen molar-refractivity contribution in [3.8, 4) is 0 Å². The molecule has 1 fully saturated rings. The Kier molecular flexibility index (Phi) is 8.31. The SMILES string of the molecule is C[C@@H](OC(=O)CCCC[C@H]1CCSS1)C(=O)Nc1ccc(C(N)=O)cc1. The minimum absolute atomic E-state index is 0.329. The average molecular weight is 397 g/mol. The summed E-state index contributed by atoms with van der Waals surface area (Å²) >= 11 is 0. The van der Waals surface area contributed by atoms with Crippen LogP contribution in [-0.2, 0) is 14.3 Å². The second-order valence-electron chi connectivity index (χ2n) is 6.14. The van der Waals surface area contributed by atoms with Crippen LogP contribution in [0.15, 0.2) is 24.3 Å². The normalized spacial score (nSPS) is 17.5. The van der Waals surface area contributed by atoms with Gasteiger partial charge in [0.1, 0.15) is 0 Å². The van der Waals surface area contributed by atoms with Crippen molar-refractivity contribution in [1.82, 2.24) is 0 Å². The first-order valence-electron chi connectivity index (χ1n) is 8.64. The second-order valence-corrected chi connectivity index (χ2v) is 8.93. The second kappa shape index (κ2) is 10.5. The number of rotatable bonds is 9. The van der Waals surface area contributed by atoms with Crippen LogP contribution >= 0.6 is 21.6 Å². The summed E-state index contributed by atoms with van der Waals surface area (Å²) in [5, 5.41) is 3.35. The number of esters is 1. The minimum Gasteiger partial charge on any atom is -0.453 e. The van der Waals surface area contributed by atoms with E-state index in [4.69, 9.17) is 10.5 Å². The van der Waals surface area contributed by atoms with E-state index in [0.29, 0.717) is 22.9 Å². The number of hydrogen-bond acceptors (Lipinski definition) is 6. The van der Waals surface area contributed by atoms with Gasteiger partial charge in [-0.15, -0.1) is 0 Å². The van der Waals surface area contributed by atoms with Crippen molar-refractivity contribution in [2.24, 2.45) is 5.73 Å². The number of unbranched alkanes of at least 4 members (excludes halogenated alkanes) is 1. The van der Waals surface area contributed by atoms with E-state index < -0.39 is 17.9 Å². The molecule has 1 aliphatic heterocycles. The van der Waals surface area contributed by atoms with Gasteiger partial charge in [0.2, 0.25) is 5.91 Å². The molecule has 0 radical (unpaired) electrons. The Bertz CT molecular complexity index is 631. The molecule has 8 heteroatoms. The zero-order chi connectivity index (χ0) is 18.9. The average Bonchev–Trinajstić information content (AvgIpc) is 3.12. The molecule has 1 saturated heterocycles. The number of nitrogens with two attached hydrogens (primary N) is 1. The predicted molar refractivity (Wildman–Crippen MR) is 106 cm³/mol. The summed E-state index contributed by atoms with van der Waals surface area (Å²) in [4.78, 5) is 35.0. The summed E-state index contributed by atoms with van der Waals surface area (Å²) in [7, 11) is 3.86. The molecule has 2 rings (SSSR count). The molecule has 6 nitrogen and oxygen atoms in total. The highest BCUT2D eigenvalue weighted by Crippen LogP contribution is 2.39. The maximum Gasteiger partial charge on any atom is 0.306 e. The largest absolute Gasteiger partial charge is 0.453 e. The Morgan fingerprint density at radius 1 is 1.27 bits per heavy atom. The van der Waals surface area contributed by atoms with Crippen molar-refractivity contribution in [3.63, 3.8) is 0 Å². The first kappa shape index (κ1) is 20.6. The van der Waals surface area contributed by atoms with E-state index in [1.54, 1.807) is 12.1 Å². The van der Waals surface area contributed by atoms with E-state index in [-0.39, 0.29) is 5.97 Å². The van der Waals surface area contributed by atoms with Gasteiger partial charge in [0.05, 0.1) is 0 Å². The van der Waals surface area contributed by atoms with Crippen LogP contribution < -0.4 is 11.1 Å². The molecular formula is C18H24N2O4S2. The number of amides is 2. The van der Waals surface area contributed by atoms with Crippen molar-refractivity contribution in [2.75, 3.05) is 11.1 Å². The number of nitrogens with one attached hydrogen (secondary N) is 1. The smallest absolute Gasteiger partial charge is 0.306 e. The van der Waals surface area contributed by atoms with Gasteiger partial charge in [0.25, 0.3) is 5.91 Å². The number of carbonyl (C=O) groups excluding carboxylic acids is 3. The summed E-state index contributed by atoms with van der Waals surface area (Å²) in [6.07, 6.45) is 3.61. The quantitative estimate of drug-likeness (QED) is 0.377. The number of hydrogen-bond donors (Lipinski definition) is 2. The molecule has 26 heavy (non-hydrogen) atoms. The van der Waals surface area contributed by atoms with Crippen molar-refractivity contribution >= 4 is 45.1 Å². The van der Waals surface area contributed by atoms with Crippen LogP contribution in [0.25, 0.3) is 0 Å². The molecule has 0 aromatic heterocycles. The molecule has 1 heterocycles. The fraction of sp³-hybridized carbons (Fsp3) is 0.500. The molecular weight excluding hydrogens is 372 g/mol. The highest BCUT2D eigenvalue weighted by atomic mass is 33.1. The van der Waals surface area contributed by atoms with E-state index in [2.05, 4.69) is 5.32 Å². The van der Waals surface area contributed by atoms with Crippen molar-refractivity contribution in [1.29, 1.82) is 0 Å². The van der Waals surface area contributed by atoms with E-state index in [1.165, 1.54) is 31.2 Å². The van der Waals surface area contributed by atoms with Crippen LogP contribution in [0.1, 0.15) is 49.4 Å². The maximum atomic E-state index is 12.1. The molecule has 0 saturated carbocycles. The Balaban J connectivity index is 1.66. The molecule has 0 spiro atoms. The van der Waals surface area contributed by atoms with E-state index in [0.717, 1.165) is 19.3 Å².